The van der Waals surface area contributed by atoms with E-state index < -0.39 is 31.8 Å². The number of fused-ring (bicyclic) bond motifs is 1. The van der Waals surface area contributed by atoms with Crippen LogP contribution in [0.3, 0.4) is 0 Å². The summed E-state index contributed by atoms with van der Waals surface area (Å²) in [5.41, 5.74) is -0.0456. The van der Waals surface area contributed by atoms with E-state index >= 15 is 0 Å². The molecule has 0 atom stereocenters. The average Bonchev–Trinajstić information content (AvgIpc) is 3.05. The molecule has 25 heavy (non-hydrogen) atoms. The Labute approximate surface area is 148 Å². The predicted molar refractivity (Wildman–Crippen MR) is 91.2 cm³/mol. The number of nitrogens with zero attached hydrogens (tertiary/aromatic N) is 3. The third-order valence-electron chi connectivity index (χ3n) is 3.38. The molecule has 134 valence electrons. The summed E-state index contributed by atoms with van der Waals surface area (Å²) in [5.74, 6) is -1.83. The Hall–Kier alpha value is -2.05. The molecule has 1 amide bonds. The summed E-state index contributed by atoms with van der Waals surface area (Å²) in [7, 11) is -8.37. The second-order valence-corrected chi connectivity index (χ2v) is 10.1. The zero-order valence-electron chi connectivity index (χ0n) is 13.2. The van der Waals surface area contributed by atoms with Gasteiger partial charge in [-0.15, -0.1) is 10.2 Å². The van der Waals surface area contributed by atoms with Gasteiger partial charge in [0.1, 0.15) is 9.90 Å². The minimum absolute atomic E-state index is 0.0188. The number of carbonyl (C=O) groups excluding carboxylic acids is 1. The number of carbonyl (C=O) groups is 1. The van der Waals surface area contributed by atoms with Crippen LogP contribution in [0.1, 0.15) is 35.1 Å². The number of nitrogens with one attached hydrogen (secondary N) is 1. The molecule has 1 aliphatic heterocycles. The summed E-state index contributed by atoms with van der Waals surface area (Å²) in [6.07, 6.45) is 0. The fourth-order valence-corrected chi connectivity index (χ4v) is 6.34. The fraction of sp³-hybridized carbons (Fsp3) is 0.308. The average molecular weight is 402 g/mol. The highest BCUT2D eigenvalue weighted by Gasteiger charge is 2.43. The lowest BCUT2D eigenvalue weighted by Crippen LogP contribution is -2.37. The topological polar surface area (TPSA) is 126 Å². The number of rotatable bonds is 5. The molecule has 0 aliphatic carbocycles. The van der Waals surface area contributed by atoms with E-state index in [9.17, 15) is 21.6 Å². The third kappa shape index (κ3) is 3.24. The molecular weight excluding hydrogens is 388 g/mol. The first kappa shape index (κ1) is 17.8. The van der Waals surface area contributed by atoms with Crippen molar-refractivity contribution in [1.29, 1.82) is 0 Å². The van der Waals surface area contributed by atoms with Crippen LogP contribution in [0, 0.1) is 0 Å². The maximum Gasteiger partial charge on any atom is 0.270 e. The Morgan fingerprint density at radius 3 is 2.52 bits per heavy atom. The summed E-state index contributed by atoms with van der Waals surface area (Å²) in [6.45, 7) is 3.76. The van der Waals surface area contributed by atoms with E-state index in [0.29, 0.717) is 9.31 Å². The lowest BCUT2D eigenvalue weighted by atomic mass is 10.2. The Morgan fingerprint density at radius 1 is 1.24 bits per heavy atom. The predicted octanol–water partition coefficient (Wildman–Crippen LogP) is 1.21. The molecule has 1 aromatic carbocycles. The van der Waals surface area contributed by atoms with Crippen molar-refractivity contribution in [3.05, 3.63) is 34.8 Å². The normalized spacial score (nSPS) is 16.3. The van der Waals surface area contributed by atoms with Crippen molar-refractivity contribution in [3.8, 4) is 0 Å². The van der Waals surface area contributed by atoms with E-state index in [-0.39, 0.29) is 21.5 Å². The van der Waals surface area contributed by atoms with Gasteiger partial charge in [-0.25, -0.2) is 21.1 Å². The van der Waals surface area contributed by atoms with Gasteiger partial charge in [-0.3, -0.25) is 9.52 Å². The van der Waals surface area contributed by atoms with Crippen molar-refractivity contribution in [2.24, 2.45) is 0 Å². The molecule has 1 aromatic heterocycles. The van der Waals surface area contributed by atoms with Crippen LogP contribution in [0.15, 0.2) is 29.2 Å². The second-order valence-electron chi connectivity index (χ2n) is 5.60. The third-order valence-corrected chi connectivity index (χ3v) is 7.70. The van der Waals surface area contributed by atoms with Gasteiger partial charge in [0.05, 0.1) is 5.56 Å². The second kappa shape index (κ2) is 6.04. The largest absolute Gasteiger partial charge is 0.270 e. The van der Waals surface area contributed by atoms with E-state index in [1.54, 1.807) is 0 Å². The molecule has 0 fully saturated rings. The van der Waals surface area contributed by atoms with Crippen LogP contribution in [0.5, 0.6) is 0 Å². The highest BCUT2D eigenvalue weighted by molar-refractivity contribution is 7.95. The Morgan fingerprint density at radius 2 is 1.92 bits per heavy atom. The molecule has 0 saturated carbocycles. The molecule has 12 heteroatoms. The molecule has 0 radical (unpaired) electrons. The molecule has 3 rings (SSSR count). The first-order valence-corrected chi connectivity index (χ1v) is 11.0. The van der Waals surface area contributed by atoms with Gasteiger partial charge < -0.3 is 0 Å². The summed E-state index contributed by atoms with van der Waals surface area (Å²) < 4.78 is 51.9. The number of hydrogen-bond acceptors (Lipinski definition) is 8. The van der Waals surface area contributed by atoms with Crippen molar-refractivity contribution >= 4 is 42.4 Å². The van der Waals surface area contributed by atoms with Gasteiger partial charge in [-0.2, -0.15) is 0 Å². The fourth-order valence-electron chi connectivity index (χ4n) is 2.19. The summed E-state index contributed by atoms with van der Waals surface area (Å²) in [5, 5.41) is 8.22. The number of aromatic nitrogens is 2. The van der Waals surface area contributed by atoms with Crippen LogP contribution in [0.4, 0.5) is 5.13 Å². The van der Waals surface area contributed by atoms with Crippen LogP contribution in [-0.4, -0.2) is 43.1 Å². The number of sulfonamides is 2. The van der Waals surface area contributed by atoms with E-state index in [2.05, 4.69) is 14.9 Å². The monoisotopic (exact) mass is 402 g/mol. The maximum atomic E-state index is 12.4. The van der Waals surface area contributed by atoms with E-state index in [1.165, 1.54) is 24.3 Å². The lowest BCUT2D eigenvalue weighted by Gasteiger charge is -2.15. The molecule has 0 bridgehead atoms. The molecular formula is C13H14N4O5S3. The van der Waals surface area contributed by atoms with Crippen molar-refractivity contribution in [2.75, 3.05) is 10.6 Å². The van der Waals surface area contributed by atoms with Gasteiger partial charge in [0.2, 0.25) is 5.13 Å². The molecule has 9 nitrogen and oxygen atoms in total. The van der Waals surface area contributed by atoms with E-state index in [4.69, 9.17) is 0 Å². The highest BCUT2D eigenvalue weighted by Crippen LogP contribution is 2.30. The first-order chi connectivity index (χ1) is 11.6. The van der Waals surface area contributed by atoms with Crippen molar-refractivity contribution in [3.63, 3.8) is 0 Å². The number of benzene rings is 1. The zero-order chi connectivity index (χ0) is 18.4. The van der Waals surface area contributed by atoms with Crippen LogP contribution in [-0.2, 0) is 20.0 Å². The van der Waals surface area contributed by atoms with Gasteiger partial charge in [-0.1, -0.05) is 37.3 Å². The summed E-state index contributed by atoms with van der Waals surface area (Å²) in [4.78, 5) is 12.1. The van der Waals surface area contributed by atoms with Gasteiger partial charge in [0, 0.05) is 5.92 Å². The van der Waals surface area contributed by atoms with Crippen LogP contribution >= 0.6 is 11.3 Å². The molecule has 1 aliphatic rings. The Balaban J connectivity index is 1.85. The highest BCUT2D eigenvalue weighted by atomic mass is 32.2. The van der Waals surface area contributed by atoms with E-state index in [0.717, 1.165) is 11.3 Å². The van der Waals surface area contributed by atoms with Gasteiger partial charge in [-0.05, 0) is 12.1 Å². The Bertz CT molecular complexity index is 1040. The van der Waals surface area contributed by atoms with Gasteiger partial charge >= 0.3 is 0 Å². The smallest absolute Gasteiger partial charge is 0.268 e. The van der Waals surface area contributed by atoms with Crippen molar-refractivity contribution in [1.82, 2.24) is 14.5 Å². The quantitative estimate of drug-likeness (QED) is 0.796. The standard InChI is InChI=1S/C13H14N4O5S3/c1-8(2)11-14-15-13(23-11)16-24(19,20)7-17-12(18)9-5-3-4-6-10(9)25(17,21)22/h3-6,8H,7H2,1-2H3,(H,15,16). The Kier molecular flexibility index (Phi) is 4.29. The lowest BCUT2D eigenvalue weighted by molar-refractivity contribution is 0.0885. The zero-order valence-corrected chi connectivity index (χ0v) is 15.7. The summed E-state index contributed by atoms with van der Waals surface area (Å²) >= 11 is 1.05. The van der Waals surface area contributed by atoms with E-state index in [1.807, 2.05) is 13.8 Å². The first-order valence-electron chi connectivity index (χ1n) is 7.12. The maximum absolute atomic E-state index is 12.4. The molecule has 0 spiro atoms. The summed E-state index contributed by atoms with van der Waals surface area (Å²) in [6, 6.07) is 5.59. The van der Waals surface area contributed by atoms with Crippen LogP contribution < -0.4 is 4.72 Å². The number of amides is 1. The van der Waals surface area contributed by atoms with Crippen molar-refractivity contribution < 1.29 is 21.6 Å². The van der Waals surface area contributed by atoms with Crippen LogP contribution in [0.25, 0.3) is 0 Å². The number of anilines is 1. The molecule has 2 heterocycles. The molecule has 0 unspecified atom stereocenters. The van der Waals surface area contributed by atoms with Gasteiger partial charge in [0.15, 0.2) is 5.88 Å². The number of hydrogen-bond donors (Lipinski definition) is 1. The van der Waals surface area contributed by atoms with Crippen LogP contribution in [0.2, 0.25) is 0 Å². The molecule has 2 aromatic rings. The SMILES string of the molecule is CC(C)c1nnc(NS(=O)(=O)CN2C(=O)c3ccccc3S2(=O)=O)s1. The van der Waals surface area contributed by atoms with Gasteiger partial charge in [0.25, 0.3) is 26.0 Å². The minimum Gasteiger partial charge on any atom is -0.268 e. The molecule has 1 N–H and O–H groups in total. The molecule has 0 saturated heterocycles. The minimum atomic E-state index is -4.20. The van der Waals surface area contributed by atoms with Crippen molar-refractivity contribution in [2.45, 2.75) is 24.7 Å².